The van der Waals surface area contributed by atoms with Gasteiger partial charge in [0.1, 0.15) is 12.7 Å². The number of hydrogen-bond acceptors (Lipinski definition) is 4. The van der Waals surface area contributed by atoms with E-state index in [1.54, 1.807) is 6.07 Å². The zero-order valence-electron chi connectivity index (χ0n) is 8.49. The van der Waals surface area contributed by atoms with Crippen LogP contribution < -0.4 is 0 Å². The summed E-state index contributed by atoms with van der Waals surface area (Å²) in [6.07, 6.45) is 1.39. The minimum atomic E-state index is -1.53. The van der Waals surface area contributed by atoms with E-state index in [2.05, 4.69) is 26.0 Å². The Balaban J connectivity index is 2.39. The topological polar surface area (TPSA) is 88.2 Å². The molecule has 0 fully saturated rings. The number of carbonyl (C=O) groups is 1. The molecular formula is C10H8BrN3O3. The first-order valence-electron chi connectivity index (χ1n) is 4.65. The Kier molecular flexibility index (Phi) is 3.21. The van der Waals surface area contributed by atoms with E-state index in [4.69, 9.17) is 5.11 Å². The number of hydrogen-bond donors (Lipinski definition) is 2. The van der Waals surface area contributed by atoms with Gasteiger partial charge in [0.05, 0.1) is 5.69 Å². The summed E-state index contributed by atoms with van der Waals surface area (Å²) in [6, 6.07) is 4.72. The smallest absolute Gasteiger partial charge is 0.337 e. The number of aliphatic hydroxyl groups is 1. The molecule has 0 spiro atoms. The van der Waals surface area contributed by atoms with Gasteiger partial charge in [-0.1, -0.05) is 6.07 Å². The third-order valence-corrected chi connectivity index (χ3v) is 2.82. The summed E-state index contributed by atoms with van der Waals surface area (Å²) in [5, 5.41) is 22.0. The maximum atomic E-state index is 10.6. The predicted octanol–water partition coefficient (Wildman–Crippen LogP) is 1.15. The van der Waals surface area contributed by atoms with Gasteiger partial charge in [-0.05, 0) is 33.6 Å². The quantitative estimate of drug-likeness (QED) is 0.887. The summed E-state index contributed by atoms with van der Waals surface area (Å²) in [5.74, 6) is -1.29. The highest BCUT2D eigenvalue weighted by molar-refractivity contribution is 9.10. The molecule has 0 aliphatic heterocycles. The molecule has 6 nitrogen and oxygen atoms in total. The molecule has 0 radical (unpaired) electrons. The molecule has 0 aliphatic rings. The molecule has 7 heteroatoms. The third-order valence-electron chi connectivity index (χ3n) is 2.19. The van der Waals surface area contributed by atoms with Crippen molar-refractivity contribution in [3.05, 3.63) is 40.9 Å². The van der Waals surface area contributed by atoms with Gasteiger partial charge in [-0.2, -0.15) is 5.10 Å². The lowest BCUT2D eigenvalue weighted by molar-refractivity contribution is -0.146. The Labute approximate surface area is 105 Å². The SMILES string of the molecule is O=C(O)C(O)c1ccc(-n2cncn2)c(Br)c1. The second kappa shape index (κ2) is 4.64. The molecule has 1 aromatic heterocycles. The summed E-state index contributed by atoms with van der Waals surface area (Å²) in [5.41, 5.74) is 1.01. The first kappa shape index (κ1) is 11.7. The Morgan fingerprint density at radius 3 is 2.76 bits per heavy atom. The minimum absolute atomic E-state index is 0.299. The van der Waals surface area contributed by atoms with Gasteiger partial charge >= 0.3 is 5.97 Å². The van der Waals surface area contributed by atoms with Crippen molar-refractivity contribution in [2.45, 2.75) is 6.10 Å². The summed E-state index contributed by atoms with van der Waals surface area (Å²) in [7, 11) is 0. The molecule has 2 N–H and O–H groups in total. The number of rotatable bonds is 3. The minimum Gasteiger partial charge on any atom is -0.479 e. The van der Waals surface area contributed by atoms with Crippen LogP contribution >= 0.6 is 15.9 Å². The van der Waals surface area contributed by atoms with Crippen LogP contribution in [0, 0.1) is 0 Å². The molecule has 2 aromatic rings. The fourth-order valence-corrected chi connectivity index (χ4v) is 1.93. The molecule has 1 atom stereocenters. The first-order chi connectivity index (χ1) is 8.09. The molecule has 0 aliphatic carbocycles. The van der Waals surface area contributed by atoms with Crippen molar-refractivity contribution < 1.29 is 15.0 Å². The van der Waals surface area contributed by atoms with Gasteiger partial charge in [0.2, 0.25) is 0 Å². The van der Waals surface area contributed by atoms with E-state index < -0.39 is 12.1 Å². The second-order valence-electron chi connectivity index (χ2n) is 3.29. The van der Waals surface area contributed by atoms with Crippen molar-refractivity contribution in [1.82, 2.24) is 14.8 Å². The van der Waals surface area contributed by atoms with Crippen LogP contribution in [0.1, 0.15) is 11.7 Å². The summed E-state index contributed by atoms with van der Waals surface area (Å²) < 4.78 is 2.15. The van der Waals surface area contributed by atoms with Gasteiger partial charge in [-0.25, -0.2) is 14.5 Å². The molecule has 17 heavy (non-hydrogen) atoms. The van der Waals surface area contributed by atoms with Crippen LogP contribution in [-0.4, -0.2) is 30.9 Å². The number of aromatic nitrogens is 3. The molecule has 0 amide bonds. The summed E-state index contributed by atoms with van der Waals surface area (Å²) in [4.78, 5) is 14.4. The summed E-state index contributed by atoms with van der Waals surface area (Å²) >= 11 is 3.29. The van der Waals surface area contributed by atoms with Crippen LogP contribution in [0.2, 0.25) is 0 Å². The van der Waals surface area contributed by atoms with Crippen LogP contribution in [0.15, 0.2) is 35.3 Å². The Hall–Kier alpha value is -1.73. The van der Waals surface area contributed by atoms with E-state index in [0.29, 0.717) is 15.7 Å². The molecule has 1 unspecified atom stereocenters. The van der Waals surface area contributed by atoms with Gasteiger partial charge in [0.25, 0.3) is 0 Å². The van der Waals surface area contributed by atoms with Crippen molar-refractivity contribution in [3.8, 4) is 5.69 Å². The standard InChI is InChI=1S/C10H8BrN3O3/c11-7-3-6(9(15)10(16)17)1-2-8(7)14-5-12-4-13-14/h1-5,9,15H,(H,16,17). The number of carboxylic acid groups (broad SMARTS) is 1. The summed E-state index contributed by atoms with van der Waals surface area (Å²) in [6.45, 7) is 0. The van der Waals surface area contributed by atoms with E-state index >= 15 is 0 Å². The maximum Gasteiger partial charge on any atom is 0.337 e. The van der Waals surface area contributed by atoms with E-state index in [1.165, 1.54) is 29.5 Å². The van der Waals surface area contributed by atoms with E-state index in [1.807, 2.05) is 0 Å². The third kappa shape index (κ3) is 2.34. The lowest BCUT2D eigenvalue weighted by Crippen LogP contribution is -2.10. The largest absolute Gasteiger partial charge is 0.479 e. The van der Waals surface area contributed by atoms with Crippen molar-refractivity contribution in [2.75, 3.05) is 0 Å². The predicted molar refractivity (Wildman–Crippen MR) is 61.7 cm³/mol. The van der Waals surface area contributed by atoms with Crippen LogP contribution in [0.3, 0.4) is 0 Å². The number of nitrogens with zero attached hydrogens (tertiary/aromatic N) is 3. The van der Waals surface area contributed by atoms with Crippen molar-refractivity contribution >= 4 is 21.9 Å². The van der Waals surface area contributed by atoms with Gasteiger partial charge < -0.3 is 10.2 Å². The van der Waals surface area contributed by atoms with Gasteiger partial charge in [0.15, 0.2) is 6.10 Å². The Morgan fingerprint density at radius 1 is 1.47 bits per heavy atom. The number of carboxylic acids is 1. The Bertz CT molecular complexity index is 542. The van der Waals surface area contributed by atoms with Crippen LogP contribution in [0.4, 0.5) is 0 Å². The lowest BCUT2D eigenvalue weighted by atomic mass is 10.1. The van der Waals surface area contributed by atoms with Gasteiger partial charge in [0, 0.05) is 4.47 Å². The van der Waals surface area contributed by atoms with Crippen LogP contribution in [0.25, 0.3) is 5.69 Å². The lowest BCUT2D eigenvalue weighted by Gasteiger charge is -2.09. The van der Waals surface area contributed by atoms with Gasteiger partial charge in [-0.15, -0.1) is 0 Å². The van der Waals surface area contributed by atoms with Crippen molar-refractivity contribution in [2.24, 2.45) is 0 Å². The highest BCUT2D eigenvalue weighted by atomic mass is 79.9. The molecule has 2 rings (SSSR count). The molecule has 0 saturated heterocycles. The molecule has 1 heterocycles. The number of aliphatic carboxylic acids is 1. The Morgan fingerprint density at radius 2 is 2.24 bits per heavy atom. The zero-order chi connectivity index (χ0) is 12.4. The molecule has 88 valence electrons. The fourth-order valence-electron chi connectivity index (χ4n) is 1.35. The number of aliphatic hydroxyl groups excluding tert-OH is 1. The monoisotopic (exact) mass is 297 g/mol. The van der Waals surface area contributed by atoms with Gasteiger partial charge in [-0.3, -0.25) is 0 Å². The molecule has 1 aromatic carbocycles. The maximum absolute atomic E-state index is 10.6. The fraction of sp³-hybridized carbons (Fsp3) is 0.100. The van der Waals surface area contributed by atoms with Crippen molar-refractivity contribution in [1.29, 1.82) is 0 Å². The average Bonchev–Trinajstić information content (AvgIpc) is 2.81. The molecule has 0 saturated carbocycles. The highest BCUT2D eigenvalue weighted by Crippen LogP contribution is 2.24. The molecular weight excluding hydrogens is 290 g/mol. The van der Waals surface area contributed by atoms with Crippen LogP contribution in [-0.2, 0) is 4.79 Å². The zero-order valence-corrected chi connectivity index (χ0v) is 10.1. The van der Waals surface area contributed by atoms with E-state index in [-0.39, 0.29) is 0 Å². The highest BCUT2D eigenvalue weighted by Gasteiger charge is 2.17. The second-order valence-corrected chi connectivity index (χ2v) is 4.15. The molecule has 0 bridgehead atoms. The average molecular weight is 298 g/mol. The van der Waals surface area contributed by atoms with Crippen molar-refractivity contribution in [3.63, 3.8) is 0 Å². The van der Waals surface area contributed by atoms with E-state index in [0.717, 1.165) is 0 Å². The van der Waals surface area contributed by atoms with E-state index in [9.17, 15) is 9.90 Å². The normalized spacial score (nSPS) is 12.4. The number of benzene rings is 1. The number of halogens is 1. The first-order valence-corrected chi connectivity index (χ1v) is 5.44. The van der Waals surface area contributed by atoms with Crippen LogP contribution in [0.5, 0.6) is 0 Å².